The van der Waals surface area contributed by atoms with Gasteiger partial charge in [0.05, 0.1) is 11.3 Å². The molecule has 5 rings (SSSR count). The van der Waals surface area contributed by atoms with E-state index in [9.17, 15) is 9.59 Å². The van der Waals surface area contributed by atoms with E-state index in [1.54, 1.807) is 18.3 Å². The van der Waals surface area contributed by atoms with Crippen molar-refractivity contribution in [1.29, 1.82) is 0 Å². The second kappa shape index (κ2) is 7.72. The number of carbonyl (C=O) groups is 2. The van der Waals surface area contributed by atoms with Crippen molar-refractivity contribution in [1.82, 2.24) is 10.3 Å². The zero-order valence-electron chi connectivity index (χ0n) is 15.8. The summed E-state index contributed by atoms with van der Waals surface area (Å²) in [6, 6.07) is 16.5. The lowest BCUT2D eigenvalue weighted by Crippen LogP contribution is -2.40. The van der Waals surface area contributed by atoms with Crippen LogP contribution in [-0.4, -0.2) is 30.1 Å². The molecule has 3 aromatic rings. The molecule has 0 saturated heterocycles. The molecule has 0 atom stereocenters. The van der Waals surface area contributed by atoms with Crippen molar-refractivity contribution in [3.05, 3.63) is 71.9 Å². The van der Waals surface area contributed by atoms with Crippen LogP contribution in [0.3, 0.4) is 0 Å². The quantitative estimate of drug-likeness (QED) is 0.699. The van der Waals surface area contributed by atoms with Crippen LogP contribution in [0, 0.1) is 0 Å². The van der Waals surface area contributed by atoms with Gasteiger partial charge < -0.3 is 14.8 Å². The van der Waals surface area contributed by atoms with Gasteiger partial charge in [0.2, 0.25) is 12.7 Å². The fraction of sp³-hybridized carbons (Fsp3) is 0.136. The normalized spacial score (nSPS) is 14.0. The SMILES string of the molecule is O=C(CN1C(=O)c2ccccc2Sc2ncccc21)NCc1ccc2c(c1)OCO2. The van der Waals surface area contributed by atoms with Crippen LogP contribution < -0.4 is 19.7 Å². The summed E-state index contributed by atoms with van der Waals surface area (Å²) < 4.78 is 10.7. The third-order valence-electron chi connectivity index (χ3n) is 4.84. The van der Waals surface area contributed by atoms with Crippen molar-refractivity contribution in [2.45, 2.75) is 16.5 Å². The van der Waals surface area contributed by atoms with Crippen molar-refractivity contribution in [2.75, 3.05) is 18.2 Å². The van der Waals surface area contributed by atoms with Crippen LogP contribution in [0.5, 0.6) is 11.5 Å². The van der Waals surface area contributed by atoms with Crippen molar-refractivity contribution in [3.63, 3.8) is 0 Å². The molecule has 0 aliphatic carbocycles. The van der Waals surface area contributed by atoms with E-state index in [4.69, 9.17) is 9.47 Å². The van der Waals surface area contributed by atoms with E-state index < -0.39 is 0 Å². The molecule has 8 heteroatoms. The minimum Gasteiger partial charge on any atom is -0.454 e. The molecule has 2 aliphatic rings. The lowest BCUT2D eigenvalue weighted by molar-refractivity contribution is -0.119. The molecule has 1 N–H and O–H groups in total. The van der Waals surface area contributed by atoms with Gasteiger partial charge in [-0.15, -0.1) is 0 Å². The molecule has 0 fully saturated rings. The number of ether oxygens (including phenoxy) is 2. The topological polar surface area (TPSA) is 80.8 Å². The molecule has 0 unspecified atom stereocenters. The van der Waals surface area contributed by atoms with E-state index in [1.807, 2.05) is 42.5 Å². The molecule has 150 valence electrons. The van der Waals surface area contributed by atoms with Gasteiger partial charge in [0, 0.05) is 17.6 Å². The van der Waals surface area contributed by atoms with Crippen LogP contribution in [0.2, 0.25) is 0 Å². The number of aromatic nitrogens is 1. The van der Waals surface area contributed by atoms with Crippen molar-refractivity contribution in [3.8, 4) is 11.5 Å². The first kappa shape index (κ1) is 18.5. The molecule has 0 saturated carbocycles. The van der Waals surface area contributed by atoms with E-state index in [1.165, 1.54) is 16.7 Å². The molecule has 2 aliphatic heterocycles. The summed E-state index contributed by atoms with van der Waals surface area (Å²) in [6.07, 6.45) is 1.68. The summed E-state index contributed by atoms with van der Waals surface area (Å²) in [5.74, 6) is 0.877. The summed E-state index contributed by atoms with van der Waals surface area (Å²) in [7, 11) is 0. The Kier molecular flexibility index (Phi) is 4.76. The van der Waals surface area contributed by atoms with Gasteiger partial charge in [0.25, 0.3) is 5.91 Å². The Bertz CT molecular complexity index is 1150. The van der Waals surface area contributed by atoms with Crippen LogP contribution in [0.15, 0.2) is 70.7 Å². The third-order valence-corrected chi connectivity index (χ3v) is 5.92. The molecule has 2 amide bonds. The summed E-state index contributed by atoms with van der Waals surface area (Å²) >= 11 is 1.43. The van der Waals surface area contributed by atoms with Crippen molar-refractivity contribution >= 4 is 29.3 Å². The third kappa shape index (κ3) is 3.46. The molecule has 3 heterocycles. The predicted octanol–water partition coefficient (Wildman–Crippen LogP) is 3.24. The van der Waals surface area contributed by atoms with E-state index in [0.717, 1.165) is 10.5 Å². The van der Waals surface area contributed by atoms with Gasteiger partial charge in [-0.3, -0.25) is 14.5 Å². The van der Waals surface area contributed by atoms with Gasteiger partial charge in [0.15, 0.2) is 11.5 Å². The van der Waals surface area contributed by atoms with Gasteiger partial charge in [-0.2, -0.15) is 0 Å². The zero-order valence-corrected chi connectivity index (χ0v) is 16.6. The Hall–Kier alpha value is -3.52. The molecule has 2 aromatic carbocycles. The van der Waals surface area contributed by atoms with Crippen LogP contribution >= 0.6 is 11.8 Å². The number of nitrogens with one attached hydrogen (secondary N) is 1. The fourth-order valence-corrected chi connectivity index (χ4v) is 4.38. The van der Waals surface area contributed by atoms with Gasteiger partial charge in [-0.1, -0.05) is 30.0 Å². The highest BCUT2D eigenvalue weighted by Gasteiger charge is 2.29. The smallest absolute Gasteiger partial charge is 0.259 e. The lowest BCUT2D eigenvalue weighted by atomic mass is 10.2. The van der Waals surface area contributed by atoms with Crippen LogP contribution in [0.1, 0.15) is 15.9 Å². The van der Waals surface area contributed by atoms with Crippen LogP contribution in [-0.2, 0) is 11.3 Å². The average Bonchev–Trinajstić information content (AvgIpc) is 3.20. The number of benzene rings is 2. The highest BCUT2D eigenvalue weighted by molar-refractivity contribution is 7.99. The van der Waals surface area contributed by atoms with Crippen molar-refractivity contribution < 1.29 is 19.1 Å². The largest absolute Gasteiger partial charge is 0.454 e. The van der Waals surface area contributed by atoms with Gasteiger partial charge in [0.1, 0.15) is 11.6 Å². The fourth-order valence-electron chi connectivity index (χ4n) is 3.37. The lowest BCUT2D eigenvalue weighted by Gasteiger charge is -2.22. The number of fused-ring (bicyclic) bond motifs is 3. The number of nitrogens with zero attached hydrogens (tertiary/aromatic N) is 2. The molecular weight excluding hydrogens is 402 g/mol. The number of amides is 2. The maximum Gasteiger partial charge on any atom is 0.259 e. The highest BCUT2D eigenvalue weighted by atomic mass is 32.2. The number of carbonyl (C=O) groups excluding carboxylic acids is 2. The number of anilines is 1. The van der Waals surface area contributed by atoms with E-state index in [-0.39, 0.29) is 25.2 Å². The standard InChI is InChI=1S/C22H17N3O4S/c26-20(24-11-14-7-8-17-18(10-14)29-13-28-17)12-25-16-5-3-9-23-21(16)30-19-6-2-1-4-15(19)22(25)27/h1-10H,11-13H2,(H,24,26). The van der Waals surface area contributed by atoms with Crippen molar-refractivity contribution in [2.24, 2.45) is 0 Å². The first-order valence-electron chi connectivity index (χ1n) is 9.38. The van der Waals surface area contributed by atoms with E-state index in [2.05, 4.69) is 10.3 Å². The Morgan fingerprint density at radius 3 is 2.90 bits per heavy atom. The number of pyridine rings is 1. The Balaban J connectivity index is 1.35. The molecular formula is C22H17N3O4S. The average molecular weight is 419 g/mol. The Labute approximate surface area is 177 Å². The molecule has 30 heavy (non-hydrogen) atoms. The van der Waals surface area contributed by atoms with Crippen LogP contribution in [0.4, 0.5) is 5.69 Å². The molecule has 7 nitrogen and oxygen atoms in total. The summed E-state index contributed by atoms with van der Waals surface area (Å²) in [5.41, 5.74) is 2.07. The van der Waals surface area contributed by atoms with Gasteiger partial charge in [-0.25, -0.2) is 4.98 Å². The summed E-state index contributed by atoms with van der Waals surface area (Å²) in [4.78, 5) is 32.6. The molecule has 0 radical (unpaired) electrons. The maximum atomic E-state index is 13.2. The van der Waals surface area contributed by atoms with Crippen LogP contribution in [0.25, 0.3) is 0 Å². The van der Waals surface area contributed by atoms with E-state index in [0.29, 0.717) is 34.3 Å². The maximum absolute atomic E-state index is 13.2. The summed E-state index contributed by atoms with van der Waals surface area (Å²) in [6.45, 7) is 0.425. The number of hydrogen-bond acceptors (Lipinski definition) is 6. The number of rotatable bonds is 4. The molecule has 1 aromatic heterocycles. The monoisotopic (exact) mass is 419 g/mol. The van der Waals surface area contributed by atoms with Gasteiger partial charge >= 0.3 is 0 Å². The Morgan fingerprint density at radius 2 is 1.97 bits per heavy atom. The number of hydrogen-bond donors (Lipinski definition) is 1. The minimum absolute atomic E-state index is 0.100. The van der Waals surface area contributed by atoms with Gasteiger partial charge in [-0.05, 0) is 42.0 Å². The zero-order chi connectivity index (χ0) is 20.5. The molecule has 0 bridgehead atoms. The Morgan fingerprint density at radius 1 is 1.10 bits per heavy atom. The summed E-state index contributed by atoms with van der Waals surface area (Å²) in [5, 5.41) is 3.57. The second-order valence-corrected chi connectivity index (χ2v) is 7.81. The van der Waals surface area contributed by atoms with E-state index >= 15 is 0 Å². The predicted molar refractivity (Wildman–Crippen MR) is 111 cm³/mol. The first-order valence-corrected chi connectivity index (χ1v) is 10.2. The molecule has 0 spiro atoms. The second-order valence-electron chi connectivity index (χ2n) is 6.78. The minimum atomic E-state index is -0.264. The first-order chi connectivity index (χ1) is 14.7. The highest BCUT2D eigenvalue weighted by Crippen LogP contribution is 2.39.